The Morgan fingerprint density at radius 1 is 1.31 bits per heavy atom. The highest BCUT2D eigenvalue weighted by Crippen LogP contribution is 2.27. The van der Waals surface area contributed by atoms with Gasteiger partial charge in [-0.15, -0.1) is 0 Å². The molecular formula is C13H21NO2. The summed E-state index contributed by atoms with van der Waals surface area (Å²) in [5.74, 6) is 0.849. The monoisotopic (exact) mass is 223 g/mol. The zero-order valence-corrected chi connectivity index (χ0v) is 10.5. The zero-order chi connectivity index (χ0) is 12.1. The summed E-state index contributed by atoms with van der Waals surface area (Å²) in [6, 6.07) is 6.01. The minimum Gasteiger partial charge on any atom is -0.496 e. The van der Waals surface area contributed by atoms with Crippen LogP contribution in [0, 0.1) is 6.92 Å². The van der Waals surface area contributed by atoms with Crippen LogP contribution in [0.1, 0.15) is 30.5 Å². The number of methoxy groups -OCH3 is 2. The number of ether oxygens (including phenoxy) is 2. The molecule has 0 radical (unpaired) electrons. The summed E-state index contributed by atoms with van der Waals surface area (Å²) in [4.78, 5) is 0. The Hall–Kier alpha value is -1.06. The summed E-state index contributed by atoms with van der Waals surface area (Å²) in [5.41, 5.74) is 8.40. The second-order valence-electron chi connectivity index (χ2n) is 4.13. The van der Waals surface area contributed by atoms with Crippen LogP contribution in [0.3, 0.4) is 0 Å². The summed E-state index contributed by atoms with van der Waals surface area (Å²) in [7, 11) is 3.37. The minimum absolute atomic E-state index is 0.0511. The largest absolute Gasteiger partial charge is 0.496 e. The standard InChI is InChI=1S/C13H21NO2/c1-9-5-6-13(16-4)11(7-9)12(14)8-10(2)15-3/h5-7,10,12H,8,14H2,1-4H3. The van der Waals surface area contributed by atoms with Crippen molar-refractivity contribution >= 4 is 0 Å². The van der Waals surface area contributed by atoms with Gasteiger partial charge in [-0.2, -0.15) is 0 Å². The highest BCUT2D eigenvalue weighted by Gasteiger charge is 2.15. The molecule has 0 aliphatic carbocycles. The summed E-state index contributed by atoms with van der Waals surface area (Å²) < 4.78 is 10.5. The number of aryl methyl sites for hydroxylation is 1. The molecule has 0 aromatic heterocycles. The van der Waals surface area contributed by atoms with Crippen molar-refractivity contribution in [1.29, 1.82) is 0 Å². The van der Waals surface area contributed by atoms with Gasteiger partial charge in [0.1, 0.15) is 5.75 Å². The maximum atomic E-state index is 6.16. The molecular weight excluding hydrogens is 202 g/mol. The lowest BCUT2D eigenvalue weighted by molar-refractivity contribution is 0.104. The predicted molar refractivity (Wildman–Crippen MR) is 65.7 cm³/mol. The van der Waals surface area contributed by atoms with Crippen LogP contribution >= 0.6 is 0 Å². The maximum Gasteiger partial charge on any atom is 0.123 e. The van der Waals surface area contributed by atoms with E-state index in [1.165, 1.54) is 5.56 Å². The van der Waals surface area contributed by atoms with E-state index in [1.807, 2.05) is 19.1 Å². The fourth-order valence-corrected chi connectivity index (χ4v) is 1.72. The highest BCUT2D eigenvalue weighted by atomic mass is 16.5. The normalized spacial score (nSPS) is 14.6. The zero-order valence-electron chi connectivity index (χ0n) is 10.5. The van der Waals surface area contributed by atoms with Crippen molar-refractivity contribution in [3.63, 3.8) is 0 Å². The van der Waals surface area contributed by atoms with Gasteiger partial charge in [-0.3, -0.25) is 0 Å². The molecule has 0 aliphatic heterocycles. The molecule has 0 spiro atoms. The van der Waals surface area contributed by atoms with Gasteiger partial charge in [0.05, 0.1) is 13.2 Å². The average Bonchev–Trinajstić information content (AvgIpc) is 2.28. The molecule has 0 saturated heterocycles. The Morgan fingerprint density at radius 2 is 2.00 bits per heavy atom. The molecule has 0 saturated carbocycles. The molecule has 2 atom stereocenters. The van der Waals surface area contributed by atoms with Gasteiger partial charge < -0.3 is 15.2 Å². The molecule has 0 aliphatic rings. The van der Waals surface area contributed by atoms with Crippen molar-refractivity contribution in [2.45, 2.75) is 32.4 Å². The third-order valence-corrected chi connectivity index (χ3v) is 2.77. The minimum atomic E-state index is -0.0511. The second-order valence-corrected chi connectivity index (χ2v) is 4.13. The van der Waals surface area contributed by atoms with Crippen LogP contribution < -0.4 is 10.5 Å². The molecule has 2 unspecified atom stereocenters. The first-order chi connectivity index (χ1) is 7.58. The molecule has 0 heterocycles. The number of benzene rings is 1. The Balaban J connectivity index is 2.88. The van der Waals surface area contributed by atoms with Crippen LogP contribution in [-0.4, -0.2) is 20.3 Å². The average molecular weight is 223 g/mol. The topological polar surface area (TPSA) is 44.5 Å². The van der Waals surface area contributed by atoms with Crippen molar-refractivity contribution in [3.8, 4) is 5.75 Å². The molecule has 0 fully saturated rings. The first kappa shape index (κ1) is 13.0. The lowest BCUT2D eigenvalue weighted by Gasteiger charge is -2.19. The van der Waals surface area contributed by atoms with Crippen molar-refractivity contribution in [1.82, 2.24) is 0 Å². The van der Waals surface area contributed by atoms with Crippen LogP contribution in [0.4, 0.5) is 0 Å². The summed E-state index contributed by atoms with van der Waals surface area (Å²) in [5, 5.41) is 0. The summed E-state index contributed by atoms with van der Waals surface area (Å²) in [6.07, 6.45) is 0.941. The van der Waals surface area contributed by atoms with Crippen LogP contribution in [0.25, 0.3) is 0 Å². The maximum absolute atomic E-state index is 6.16. The molecule has 1 rings (SSSR count). The third kappa shape index (κ3) is 3.22. The van der Waals surface area contributed by atoms with Crippen LogP contribution in [0.2, 0.25) is 0 Å². The molecule has 2 N–H and O–H groups in total. The summed E-state index contributed by atoms with van der Waals surface area (Å²) in [6.45, 7) is 4.07. The fraction of sp³-hybridized carbons (Fsp3) is 0.538. The van der Waals surface area contributed by atoms with E-state index < -0.39 is 0 Å². The first-order valence-corrected chi connectivity index (χ1v) is 5.51. The molecule has 1 aromatic rings. The number of rotatable bonds is 5. The van der Waals surface area contributed by atoms with Gasteiger partial charge in [0, 0.05) is 18.7 Å². The lowest BCUT2D eigenvalue weighted by Crippen LogP contribution is -2.18. The van der Waals surface area contributed by atoms with E-state index in [-0.39, 0.29) is 12.1 Å². The van der Waals surface area contributed by atoms with Crippen molar-refractivity contribution in [3.05, 3.63) is 29.3 Å². The molecule has 3 nitrogen and oxygen atoms in total. The van der Waals surface area contributed by atoms with E-state index in [9.17, 15) is 0 Å². The van der Waals surface area contributed by atoms with E-state index in [1.54, 1.807) is 14.2 Å². The molecule has 3 heteroatoms. The number of hydrogen-bond acceptors (Lipinski definition) is 3. The molecule has 0 bridgehead atoms. The van der Waals surface area contributed by atoms with Gasteiger partial charge in [0.15, 0.2) is 0 Å². The van der Waals surface area contributed by atoms with Crippen molar-refractivity contribution < 1.29 is 9.47 Å². The van der Waals surface area contributed by atoms with Crippen LogP contribution in [0.15, 0.2) is 18.2 Å². The van der Waals surface area contributed by atoms with Gasteiger partial charge in [0.25, 0.3) is 0 Å². The highest BCUT2D eigenvalue weighted by molar-refractivity contribution is 5.39. The fourth-order valence-electron chi connectivity index (χ4n) is 1.72. The van der Waals surface area contributed by atoms with Crippen molar-refractivity contribution in [2.24, 2.45) is 5.73 Å². The lowest BCUT2D eigenvalue weighted by atomic mass is 9.99. The van der Waals surface area contributed by atoms with E-state index in [4.69, 9.17) is 15.2 Å². The first-order valence-electron chi connectivity index (χ1n) is 5.51. The smallest absolute Gasteiger partial charge is 0.123 e. The summed E-state index contributed by atoms with van der Waals surface area (Å²) >= 11 is 0. The van der Waals surface area contributed by atoms with Crippen LogP contribution in [0.5, 0.6) is 5.75 Å². The Kier molecular flexibility index (Phi) is 4.77. The van der Waals surface area contributed by atoms with E-state index >= 15 is 0 Å². The van der Waals surface area contributed by atoms with Gasteiger partial charge in [0.2, 0.25) is 0 Å². The number of nitrogens with two attached hydrogens (primary N) is 1. The molecule has 90 valence electrons. The number of hydrogen-bond donors (Lipinski definition) is 1. The molecule has 1 aromatic carbocycles. The van der Waals surface area contributed by atoms with Gasteiger partial charge in [-0.05, 0) is 26.3 Å². The van der Waals surface area contributed by atoms with E-state index in [0.29, 0.717) is 0 Å². The second kappa shape index (κ2) is 5.87. The SMILES string of the molecule is COc1ccc(C)cc1C(N)CC(C)OC. The quantitative estimate of drug-likeness (QED) is 0.833. The molecule has 0 amide bonds. The Bertz CT molecular complexity index is 339. The third-order valence-electron chi connectivity index (χ3n) is 2.77. The Morgan fingerprint density at radius 3 is 2.56 bits per heavy atom. The molecule has 16 heavy (non-hydrogen) atoms. The predicted octanol–water partition coefficient (Wildman–Crippen LogP) is 2.43. The van der Waals surface area contributed by atoms with Gasteiger partial charge in [-0.1, -0.05) is 17.7 Å². The van der Waals surface area contributed by atoms with E-state index in [0.717, 1.165) is 17.7 Å². The van der Waals surface area contributed by atoms with Crippen LogP contribution in [-0.2, 0) is 4.74 Å². The van der Waals surface area contributed by atoms with Gasteiger partial charge >= 0.3 is 0 Å². The van der Waals surface area contributed by atoms with E-state index in [2.05, 4.69) is 13.0 Å². The Labute approximate surface area is 97.6 Å². The van der Waals surface area contributed by atoms with Crippen molar-refractivity contribution in [2.75, 3.05) is 14.2 Å². The van der Waals surface area contributed by atoms with Gasteiger partial charge in [-0.25, -0.2) is 0 Å².